The maximum Gasteiger partial charge on any atom is 0.263 e. The predicted octanol–water partition coefficient (Wildman–Crippen LogP) is -0.568. The summed E-state index contributed by atoms with van der Waals surface area (Å²) in [5.41, 5.74) is 0. The lowest BCUT2D eigenvalue weighted by molar-refractivity contribution is -0.146. The molecule has 0 saturated heterocycles. The summed E-state index contributed by atoms with van der Waals surface area (Å²) in [6, 6.07) is 0. The first-order valence-electron chi connectivity index (χ1n) is 1.92. The minimum atomic E-state index is -2.65. The van der Waals surface area contributed by atoms with E-state index in [9.17, 15) is 14.0 Å². The van der Waals surface area contributed by atoms with E-state index in [4.69, 9.17) is 5.11 Å². The normalized spacial score (nSPS) is 12.9. The Morgan fingerprint density at radius 2 is 2.00 bits per heavy atom. The van der Waals surface area contributed by atoms with Gasteiger partial charge in [0.2, 0.25) is 5.78 Å². The van der Waals surface area contributed by atoms with Gasteiger partial charge in [-0.1, -0.05) is 0 Å². The molecular weight excluding hydrogens is 115 g/mol. The van der Waals surface area contributed by atoms with E-state index in [1.54, 1.807) is 0 Å². The van der Waals surface area contributed by atoms with E-state index < -0.39 is 17.9 Å². The van der Waals surface area contributed by atoms with E-state index in [1.165, 1.54) is 0 Å². The summed E-state index contributed by atoms with van der Waals surface area (Å²) in [5, 5.41) is 7.75. The zero-order valence-corrected chi connectivity index (χ0v) is 4.22. The van der Waals surface area contributed by atoms with Crippen molar-refractivity contribution in [2.75, 3.05) is 0 Å². The molecule has 0 aliphatic carbocycles. The van der Waals surface area contributed by atoms with Crippen molar-refractivity contribution in [1.82, 2.24) is 0 Å². The molecule has 4 heteroatoms. The van der Waals surface area contributed by atoms with Crippen molar-refractivity contribution in [3.8, 4) is 0 Å². The van der Waals surface area contributed by atoms with Crippen LogP contribution in [0.25, 0.3) is 0 Å². The number of rotatable bonds is 2. The number of carbonyl (C=O) groups is 2. The number of aliphatic hydroxyl groups excluding tert-OH is 1. The number of carbonyl (C=O) groups excluding carboxylic acids is 2. The number of hydrogen-bond donors (Lipinski definition) is 1. The minimum absolute atomic E-state index is 0.894. The molecule has 0 spiro atoms. The quantitative estimate of drug-likeness (QED) is 0.496. The van der Waals surface area contributed by atoms with Crippen molar-refractivity contribution in [2.45, 2.75) is 13.3 Å². The van der Waals surface area contributed by atoms with Crippen LogP contribution in [0.3, 0.4) is 0 Å². The first kappa shape index (κ1) is 7.23. The second-order valence-corrected chi connectivity index (χ2v) is 1.26. The van der Waals surface area contributed by atoms with Crippen LogP contribution in [0.4, 0.5) is 4.39 Å². The SMILES string of the molecule is CC(=O)C(=O)C(O)F. The third kappa shape index (κ3) is 1.79. The molecule has 0 rings (SSSR count). The molecule has 0 aromatic heterocycles. The highest BCUT2D eigenvalue weighted by atomic mass is 19.1. The lowest BCUT2D eigenvalue weighted by atomic mass is 10.3. The van der Waals surface area contributed by atoms with Crippen LogP contribution < -0.4 is 0 Å². The maximum absolute atomic E-state index is 11.3. The Morgan fingerprint density at radius 3 is 2.00 bits per heavy atom. The zero-order valence-electron chi connectivity index (χ0n) is 4.22. The third-order valence-electron chi connectivity index (χ3n) is 0.563. The molecule has 0 bridgehead atoms. The van der Waals surface area contributed by atoms with Gasteiger partial charge < -0.3 is 5.11 Å². The number of Topliss-reactive ketones (excluding diaryl/α,β-unsaturated/α-hetero) is 2. The van der Waals surface area contributed by atoms with E-state index in [-0.39, 0.29) is 0 Å². The molecule has 3 nitrogen and oxygen atoms in total. The highest BCUT2D eigenvalue weighted by Gasteiger charge is 2.16. The Morgan fingerprint density at radius 1 is 1.62 bits per heavy atom. The molecule has 0 aliphatic rings. The van der Waals surface area contributed by atoms with Gasteiger partial charge in [0.1, 0.15) is 0 Å². The van der Waals surface area contributed by atoms with Gasteiger partial charge in [-0.2, -0.15) is 0 Å². The zero-order chi connectivity index (χ0) is 6.73. The average Bonchev–Trinajstić information content (AvgIpc) is 1.64. The summed E-state index contributed by atoms with van der Waals surface area (Å²) in [5.74, 6) is -2.37. The monoisotopic (exact) mass is 120 g/mol. The lowest BCUT2D eigenvalue weighted by Gasteiger charge is -1.90. The molecule has 1 unspecified atom stereocenters. The Hall–Kier alpha value is -0.770. The van der Waals surface area contributed by atoms with E-state index in [0.29, 0.717) is 0 Å². The van der Waals surface area contributed by atoms with Crippen molar-refractivity contribution in [2.24, 2.45) is 0 Å². The molecule has 0 fully saturated rings. The van der Waals surface area contributed by atoms with E-state index >= 15 is 0 Å². The second-order valence-electron chi connectivity index (χ2n) is 1.26. The van der Waals surface area contributed by atoms with Gasteiger partial charge in [0, 0.05) is 6.92 Å². The Balaban J connectivity index is 3.84. The van der Waals surface area contributed by atoms with Crippen LogP contribution in [0.1, 0.15) is 6.92 Å². The van der Waals surface area contributed by atoms with Crippen molar-refractivity contribution in [3.05, 3.63) is 0 Å². The van der Waals surface area contributed by atoms with Crippen molar-refractivity contribution in [1.29, 1.82) is 0 Å². The largest absolute Gasteiger partial charge is 0.358 e. The highest BCUT2D eigenvalue weighted by molar-refractivity contribution is 6.37. The maximum atomic E-state index is 11.3. The first-order chi connectivity index (χ1) is 3.55. The highest BCUT2D eigenvalue weighted by Crippen LogP contribution is 1.86. The summed E-state index contributed by atoms with van der Waals surface area (Å²) in [4.78, 5) is 19.7. The van der Waals surface area contributed by atoms with E-state index in [1.807, 2.05) is 0 Å². The minimum Gasteiger partial charge on any atom is -0.358 e. The summed E-state index contributed by atoms with van der Waals surface area (Å²) < 4.78 is 11.3. The molecule has 1 N–H and O–H groups in total. The first-order valence-corrected chi connectivity index (χ1v) is 1.92. The molecule has 0 aromatic rings. The van der Waals surface area contributed by atoms with Gasteiger partial charge in [0.15, 0.2) is 0 Å². The van der Waals surface area contributed by atoms with Gasteiger partial charge >= 0.3 is 0 Å². The molecule has 0 aliphatic heterocycles. The van der Waals surface area contributed by atoms with Gasteiger partial charge in [-0.05, 0) is 0 Å². The fraction of sp³-hybridized carbons (Fsp3) is 0.500. The van der Waals surface area contributed by atoms with Crippen LogP contribution in [-0.4, -0.2) is 23.0 Å². The fourth-order valence-corrected chi connectivity index (χ4v) is 0.168. The van der Waals surface area contributed by atoms with Gasteiger partial charge in [0.05, 0.1) is 0 Å². The molecule has 46 valence electrons. The number of hydrogen-bond acceptors (Lipinski definition) is 3. The second kappa shape index (κ2) is 2.52. The molecule has 0 amide bonds. The molecule has 0 heterocycles. The summed E-state index contributed by atoms with van der Waals surface area (Å²) >= 11 is 0. The molecule has 1 atom stereocenters. The third-order valence-corrected chi connectivity index (χ3v) is 0.563. The van der Waals surface area contributed by atoms with Crippen molar-refractivity contribution in [3.63, 3.8) is 0 Å². The molecular formula is C4H5FO3. The van der Waals surface area contributed by atoms with Crippen LogP contribution in [0.15, 0.2) is 0 Å². The van der Waals surface area contributed by atoms with E-state index in [0.717, 1.165) is 6.92 Å². The average molecular weight is 120 g/mol. The van der Waals surface area contributed by atoms with Gasteiger partial charge in [-0.3, -0.25) is 9.59 Å². The smallest absolute Gasteiger partial charge is 0.263 e. The predicted molar refractivity (Wildman–Crippen MR) is 22.8 cm³/mol. The molecule has 0 aromatic carbocycles. The van der Waals surface area contributed by atoms with E-state index in [2.05, 4.69) is 0 Å². The topological polar surface area (TPSA) is 54.4 Å². The van der Waals surface area contributed by atoms with Crippen LogP contribution in [0.5, 0.6) is 0 Å². The Kier molecular flexibility index (Phi) is 2.27. The lowest BCUT2D eigenvalue weighted by Crippen LogP contribution is -2.21. The summed E-state index contributed by atoms with van der Waals surface area (Å²) in [6.45, 7) is 0.894. The van der Waals surface area contributed by atoms with Gasteiger partial charge in [0.25, 0.3) is 12.1 Å². The summed E-state index contributed by atoms with van der Waals surface area (Å²) in [6.07, 6.45) is -2.65. The summed E-state index contributed by atoms with van der Waals surface area (Å²) in [7, 11) is 0. The van der Waals surface area contributed by atoms with Crippen LogP contribution >= 0.6 is 0 Å². The van der Waals surface area contributed by atoms with Crippen molar-refractivity contribution >= 4 is 11.6 Å². The molecule has 0 radical (unpaired) electrons. The standard InChI is InChI=1S/C4H5FO3/c1-2(6)3(7)4(5)8/h4,8H,1H3. The van der Waals surface area contributed by atoms with Crippen LogP contribution in [0.2, 0.25) is 0 Å². The molecule has 8 heavy (non-hydrogen) atoms. The Bertz CT molecular complexity index is 118. The van der Waals surface area contributed by atoms with Gasteiger partial charge in [-0.25, -0.2) is 4.39 Å². The number of aliphatic hydroxyl groups is 1. The van der Waals surface area contributed by atoms with Crippen LogP contribution in [-0.2, 0) is 9.59 Å². The number of halogens is 1. The number of ketones is 2. The fourth-order valence-electron chi connectivity index (χ4n) is 0.168. The Labute approximate surface area is 45.1 Å². The molecule has 0 saturated carbocycles. The van der Waals surface area contributed by atoms with Crippen molar-refractivity contribution < 1.29 is 19.1 Å². The van der Waals surface area contributed by atoms with Gasteiger partial charge in [-0.15, -0.1) is 0 Å². The number of alkyl halides is 1. The van der Waals surface area contributed by atoms with Crippen LogP contribution in [0, 0.1) is 0 Å².